The average Bonchev–Trinajstić information content (AvgIpc) is 1.85. The van der Waals surface area contributed by atoms with Crippen LogP contribution in [0.25, 0.3) is 0 Å². The minimum atomic E-state index is -0.852. The van der Waals surface area contributed by atoms with Crippen LogP contribution in [0.1, 0.15) is 6.92 Å². The van der Waals surface area contributed by atoms with Gasteiger partial charge in [-0.25, -0.2) is 4.39 Å². The highest BCUT2D eigenvalue weighted by Gasteiger charge is 2.13. The number of aliphatic hydroxyl groups excluding tert-OH is 1. The predicted molar refractivity (Wildman–Crippen MR) is 46.6 cm³/mol. The molecule has 0 saturated carbocycles. The Labute approximate surface area is 70.2 Å². The normalized spacial score (nSPS) is 11.8. The van der Waals surface area contributed by atoms with E-state index in [1.807, 2.05) is 0 Å². The lowest BCUT2D eigenvalue weighted by Gasteiger charge is -2.06. The first-order chi connectivity index (χ1) is 5.37. The van der Waals surface area contributed by atoms with E-state index in [1.54, 1.807) is 0 Å². The monoisotopic (exact) mass is 170 g/mol. The van der Waals surface area contributed by atoms with Crippen molar-refractivity contribution in [2.45, 2.75) is 6.92 Å². The lowest BCUT2D eigenvalue weighted by Crippen LogP contribution is -2.10. The number of halogens is 1. The van der Waals surface area contributed by atoms with Crippen LogP contribution in [0.15, 0.2) is 36.0 Å². The highest BCUT2D eigenvalue weighted by molar-refractivity contribution is 6.11. The molecule has 0 aliphatic carbocycles. The molecule has 0 aliphatic heterocycles. The summed E-state index contributed by atoms with van der Waals surface area (Å²) in [5.41, 5.74) is 4.70. The SMILES string of the molecule is C=C(O)C(=N)/C(C(=C)F)=C(/C)N. The van der Waals surface area contributed by atoms with Gasteiger partial charge >= 0.3 is 0 Å². The van der Waals surface area contributed by atoms with Crippen molar-refractivity contribution in [1.29, 1.82) is 5.41 Å². The van der Waals surface area contributed by atoms with Gasteiger partial charge in [0, 0.05) is 5.70 Å². The molecule has 3 nitrogen and oxygen atoms in total. The Morgan fingerprint density at radius 2 is 1.92 bits per heavy atom. The number of allylic oxidation sites excluding steroid dienone is 3. The third-order valence-corrected chi connectivity index (χ3v) is 1.20. The maximum absolute atomic E-state index is 12.6. The second-order valence-corrected chi connectivity index (χ2v) is 2.28. The molecule has 0 rings (SSSR count). The molecule has 0 heterocycles. The maximum atomic E-state index is 12.6. The van der Waals surface area contributed by atoms with Crippen LogP contribution < -0.4 is 5.73 Å². The van der Waals surface area contributed by atoms with Crippen molar-refractivity contribution in [3.63, 3.8) is 0 Å². The Hall–Kier alpha value is -1.58. The summed E-state index contributed by atoms with van der Waals surface area (Å²) in [5, 5.41) is 15.9. The molecular weight excluding hydrogens is 159 g/mol. The molecular formula is C8H11FN2O. The molecule has 0 fully saturated rings. The van der Waals surface area contributed by atoms with Gasteiger partial charge < -0.3 is 10.8 Å². The topological polar surface area (TPSA) is 70.1 Å². The van der Waals surface area contributed by atoms with Crippen molar-refractivity contribution in [2.24, 2.45) is 5.73 Å². The van der Waals surface area contributed by atoms with Gasteiger partial charge in [0.2, 0.25) is 0 Å². The molecule has 0 spiro atoms. The van der Waals surface area contributed by atoms with E-state index in [9.17, 15) is 4.39 Å². The van der Waals surface area contributed by atoms with E-state index in [0.29, 0.717) is 0 Å². The summed E-state index contributed by atoms with van der Waals surface area (Å²) in [6.45, 7) is 7.47. The third kappa shape index (κ3) is 2.23. The van der Waals surface area contributed by atoms with Crippen LogP contribution in [0.2, 0.25) is 0 Å². The van der Waals surface area contributed by atoms with Gasteiger partial charge in [0.15, 0.2) is 0 Å². The first-order valence-electron chi connectivity index (χ1n) is 3.16. The van der Waals surface area contributed by atoms with Gasteiger partial charge in [0.05, 0.1) is 5.57 Å². The van der Waals surface area contributed by atoms with E-state index in [1.165, 1.54) is 6.92 Å². The molecule has 0 aromatic heterocycles. The molecule has 0 aromatic rings. The average molecular weight is 170 g/mol. The Morgan fingerprint density at radius 1 is 1.50 bits per heavy atom. The summed E-state index contributed by atoms with van der Waals surface area (Å²) < 4.78 is 12.6. The van der Waals surface area contributed by atoms with E-state index in [-0.39, 0.29) is 11.3 Å². The molecule has 0 saturated heterocycles. The summed E-state index contributed by atoms with van der Waals surface area (Å²) in [5.74, 6) is -1.39. The summed E-state index contributed by atoms with van der Waals surface area (Å²) in [7, 11) is 0. The summed E-state index contributed by atoms with van der Waals surface area (Å²) in [6.07, 6.45) is 0. The number of aliphatic hydroxyl groups is 1. The first-order valence-corrected chi connectivity index (χ1v) is 3.16. The fourth-order valence-corrected chi connectivity index (χ4v) is 0.691. The van der Waals surface area contributed by atoms with Crippen LogP contribution in [0.3, 0.4) is 0 Å². The fourth-order valence-electron chi connectivity index (χ4n) is 0.691. The fraction of sp³-hybridized carbons (Fsp3) is 0.125. The number of rotatable bonds is 3. The van der Waals surface area contributed by atoms with Crippen LogP contribution in [0.4, 0.5) is 4.39 Å². The molecule has 66 valence electrons. The molecule has 0 amide bonds. The first kappa shape index (κ1) is 10.4. The Bertz CT molecular complexity index is 275. The highest BCUT2D eigenvalue weighted by atomic mass is 19.1. The zero-order chi connectivity index (χ0) is 9.89. The highest BCUT2D eigenvalue weighted by Crippen LogP contribution is 2.15. The molecule has 0 atom stereocenters. The second kappa shape index (κ2) is 3.71. The maximum Gasteiger partial charge on any atom is 0.134 e. The second-order valence-electron chi connectivity index (χ2n) is 2.28. The van der Waals surface area contributed by atoms with Crippen molar-refractivity contribution < 1.29 is 9.50 Å². The number of hydrogen-bond acceptors (Lipinski definition) is 3. The van der Waals surface area contributed by atoms with Crippen molar-refractivity contribution >= 4 is 5.71 Å². The molecule has 12 heavy (non-hydrogen) atoms. The zero-order valence-electron chi connectivity index (χ0n) is 6.82. The van der Waals surface area contributed by atoms with Gasteiger partial charge in [0.25, 0.3) is 0 Å². The molecule has 0 bridgehead atoms. The minimum Gasteiger partial charge on any atom is -0.506 e. The standard InChI is InChI=1S/C8H11FN2O/c1-4(9)7(5(2)10)8(11)6(3)12/h11-12H,1,3,10H2,2H3/b7-5-,11-8?. The zero-order valence-corrected chi connectivity index (χ0v) is 6.82. The Kier molecular flexibility index (Phi) is 3.22. The van der Waals surface area contributed by atoms with E-state index in [4.69, 9.17) is 16.2 Å². The van der Waals surface area contributed by atoms with E-state index in [2.05, 4.69) is 13.2 Å². The third-order valence-electron chi connectivity index (χ3n) is 1.20. The van der Waals surface area contributed by atoms with Gasteiger partial charge in [-0.3, -0.25) is 5.41 Å². The van der Waals surface area contributed by atoms with Gasteiger partial charge in [-0.2, -0.15) is 0 Å². The number of hydrogen-bond donors (Lipinski definition) is 3. The smallest absolute Gasteiger partial charge is 0.134 e. The van der Waals surface area contributed by atoms with E-state index in [0.717, 1.165) is 0 Å². The Morgan fingerprint density at radius 3 is 2.00 bits per heavy atom. The van der Waals surface area contributed by atoms with Gasteiger partial charge in [-0.15, -0.1) is 0 Å². The van der Waals surface area contributed by atoms with Crippen LogP contribution in [0, 0.1) is 5.41 Å². The molecule has 4 heteroatoms. The van der Waals surface area contributed by atoms with Crippen molar-refractivity contribution in [1.82, 2.24) is 0 Å². The lowest BCUT2D eigenvalue weighted by molar-refractivity contribution is 0.445. The van der Waals surface area contributed by atoms with Crippen LogP contribution in [0.5, 0.6) is 0 Å². The summed E-state index contributed by atoms with van der Waals surface area (Å²) in [6, 6.07) is 0. The van der Waals surface area contributed by atoms with Crippen LogP contribution in [-0.4, -0.2) is 10.8 Å². The van der Waals surface area contributed by atoms with Crippen molar-refractivity contribution in [3.05, 3.63) is 36.0 Å². The van der Waals surface area contributed by atoms with Crippen molar-refractivity contribution in [3.8, 4) is 0 Å². The number of nitrogens with two attached hydrogens (primary N) is 1. The number of nitrogens with one attached hydrogen (secondary N) is 1. The van der Waals surface area contributed by atoms with Crippen molar-refractivity contribution in [2.75, 3.05) is 0 Å². The van der Waals surface area contributed by atoms with E-state index < -0.39 is 17.3 Å². The van der Waals surface area contributed by atoms with E-state index >= 15 is 0 Å². The molecule has 0 aromatic carbocycles. The van der Waals surface area contributed by atoms with Crippen LogP contribution >= 0.6 is 0 Å². The molecule has 4 N–H and O–H groups in total. The Balaban J connectivity index is 5.06. The predicted octanol–water partition coefficient (Wildman–Crippen LogP) is 1.79. The quantitative estimate of drug-likeness (QED) is 0.343. The van der Waals surface area contributed by atoms with Crippen LogP contribution in [-0.2, 0) is 0 Å². The van der Waals surface area contributed by atoms with Gasteiger partial charge in [-0.05, 0) is 6.92 Å². The largest absolute Gasteiger partial charge is 0.506 e. The minimum absolute atomic E-state index is 0.0858. The van der Waals surface area contributed by atoms with Gasteiger partial charge in [0.1, 0.15) is 17.3 Å². The molecule has 0 unspecified atom stereocenters. The summed E-state index contributed by atoms with van der Waals surface area (Å²) >= 11 is 0. The lowest BCUT2D eigenvalue weighted by atomic mass is 10.1. The van der Waals surface area contributed by atoms with Gasteiger partial charge in [-0.1, -0.05) is 13.2 Å². The summed E-state index contributed by atoms with van der Waals surface area (Å²) in [4.78, 5) is 0. The molecule has 0 aliphatic rings. The molecule has 0 radical (unpaired) electrons.